The largest absolute Gasteiger partial charge is 0.490 e. The van der Waals surface area contributed by atoms with E-state index in [1.807, 2.05) is 25.1 Å². The molecular weight excluding hydrogens is 565 g/mol. The molecule has 41 heavy (non-hydrogen) atoms. The fourth-order valence-corrected chi connectivity index (χ4v) is 5.69. The van der Waals surface area contributed by atoms with Gasteiger partial charge >= 0.3 is 18.2 Å². The third-order valence-electron chi connectivity index (χ3n) is 6.77. The van der Waals surface area contributed by atoms with Crippen LogP contribution in [-0.4, -0.2) is 64.2 Å². The van der Waals surface area contributed by atoms with Crippen LogP contribution in [-0.2, 0) is 26.5 Å². The summed E-state index contributed by atoms with van der Waals surface area (Å²) in [6, 6.07) is 11.3. The van der Waals surface area contributed by atoms with Crippen LogP contribution in [0, 0.1) is 6.92 Å². The lowest BCUT2D eigenvalue weighted by Crippen LogP contribution is -2.44. The Labute approximate surface area is 236 Å². The van der Waals surface area contributed by atoms with E-state index in [1.165, 1.54) is 11.3 Å². The number of benzene rings is 1. The van der Waals surface area contributed by atoms with E-state index in [9.17, 15) is 27.6 Å². The highest BCUT2D eigenvalue weighted by atomic mass is 32.1. The first-order valence-electron chi connectivity index (χ1n) is 12.6. The molecule has 2 aliphatic heterocycles. The van der Waals surface area contributed by atoms with Crippen molar-refractivity contribution in [2.45, 2.75) is 51.1 Å². The van der Waals surface area contributed by atoms with Gasteiger partial charge in [-0.15, -0.1) is 11.3 Å². The molecule has 2 fully saturated rings. The number of piperidine rings is 1. The molecule has 14 heteroatoms. The number of amides is 4. The minimum absolute atomic E-state index is 0.0654. The van der Waals surface area contributed by atoms with E-state index >= 15 is 0 Å². The molecule has 1 atom stereocenters. The second kappa shape index (κ2) is 11.8. The molecule has 3 N–H and O–H groups in total. The molecule has 2 aromatic heterocycles. The number of urea groups is 1. The quantitative estimate of drug-likeness (QED) is 0.379. The highest BCUT2D eigenvalue weighted by Gasteiger charge is 2.46. The van der Waals surface area contributed by atoms with Crippen LogP contribution in [0.25, 0.3) is 10.9 Å². The van der Waals surface area contributed by atoms with Crippen LogP contribution < -0.4 is 10.6 Å². The number of carboxylic acid groups (broad SMARTS) is 1. The number of aryl methyl sites for hydroxylation is 1. The van der Waals surface area contributed by atoms with Crippen molar-refractivity contribution in [2.24, 2.45) is 0 Å². The SMILES string of the molecule is Cc1cc(COC2CCN(C(=O)c3ccsc3C3(C)NC(=O)NC3=O)CC2)c2ccccc2n1.O=C(O)C(F)(F)F. The van der Waals surface area contributed by atoms with Crippen molar-refractivity contribution < 1.29 is 42.2 Å². The zero-order valence-corrected chi connectivity index (χ0v) is 22.9. The van der Waals surface area contributed by atoms with Crippen LogP contribution in [0.1, 0.15) is 46.3 Å². The summed E-state index contributed by atoms with van der Waals surface area (Å²) in [5.74, 6) is -3.33. The Morgan fingerprint density at radius 1 is 1.20 bits per heavy atom. The maximum absolute atomic E-state index is 13.3. The van der Waals surface area contributed by atoms with Crippen LogP contribution in [0.5, 0.6) is 0 Å². The topological polar surface area (TPSA) is 138 Å². The van der Waals surface area contributed by atoms with E-state index in [2.05, 4.69) is 27.8 Å². The number of carbonyl (C=O) groups is 4. The number of para-hydroxylation sites is 1. The molecule has 0 bridgehead atoms. The monoisotopic (exact) mass is 592 g/mol. The summed E-state index contributed by atoms with van der Waals surface area (Å²) in [7, 11) is 0. The van der Waals surface area contributed by atoms with Gasteiger partial charge in [-0.3, -0.25) is 19.9 Å². The summed E-state index contributed by atoms with van der Waals surface area (Å²) in [5, 5.41) is 14.9. The predicted octanol–water partition coefficient (Wildman–Crippen LogP) is 4.11. The van der Waals surface area contributed by atoms with Gasteiger partial charge in [0, 0.05) is 24.2 Å². The lowest BCUT2D eigenvalue weighted by Gasteiger charge is -2.32. The number of fused-ring (bicyclic) bond motifs is 1. The van der Waals surface area contributed by atoms with Crippen molar-refractivity contribution in [3.05, 3.63) is 63.5 Å². The lowest BCUT2D eigenvalue weighted by atomic mass is 9.96. The first kappa shape index (κ1) is 29.9. The average molecular weight is 593 g/mol. The maximum atomic E-state index is 13.3. The fourth-order valence-electron chi connectivity index (χ4n) is 4.69. The number of likely N-dealkylation sites (tertiary alicyclic amines) is 1. The molecule has 0 aliphatic carbocycles. The number of ether oxygens (including phenoxy) is 1. The van der Waals surface area contributed by atoms with E-state index < -0.39 is 29.6 Å². The standard InChI is InChI=1S/C25H26N4O4S.C2HF3O2/c1-15-13-16(18-5-3-4-6-20(18)26-15)14-33-17-7-10-29(11-8-17)22(30)19-9-12-34-21(19)25(2)23(31)27-24(32)28-25;3-2(4,5)1(6)7/h3-6,9,12-13,17H,7-8,10-11,14H2,1-2H3,(H2,27,28,31,32);(H,6,7). The van der Waals surface area contributed by atoms with E-state index in [4.69, 9.17) is 14.6 Å². The number of thiophene rings is 1. The van der Waals surface area contributed by atoms with Crippen LogP contribution in [0.2, 0.25) is 0 Å². The molecule has 218 valence electrons. The second-order valence-electron chi connectivity index (χ2n) is 9.74. The number of hydrogen-bond donors (Lipinski definition) is 3. The van der Waals surface area contributed by atoms with E-state index in [1.54, 1.807) is 23.3 Å². The summed E-state index contributed by atoms with van der Waals surface area (Å²) in [6.45, 7) is 5.26. The fraction of sp³-hybridized carbons (Fsp3) is 0.370. The van der Waals surface area contributed by atoms with Gasteiger partial charge in [0.15, 0.2) is 5.54 Å². The van der Waals surface area contributed by atoms with E-state index in [0.29, 0.717) is 30.1 Å². The van der Waals surface area contributed by atoms with Gasteiger partial charge in [-0.25, -0.2) is 9.59 Å². The number of aliphatic carboxylic acids is 1. The maximum Gasteiger partial charge on any atom is 0.490 e. The van der Waals surface area contributed by atoms with E-state index in [0.717, 1.165) is 35.0 Å². The molecule has 5 rings (SSSR count). The molecule has 2 saturated heterocycles. The Bertz CT molecular complexity index is 1490. The Morgan fingerprint density at radius 2 is 1.85 bits per heavy atom. The number of nitrogens with one attached hydrogen (secondary N) is 2. The Kier molecular flexibility index (Phi) is 8.63. The number of nitrogens with zero attached hydrogens (tertiary/aromatic N) is 2. The third-order valence-corrected chi connectivity index (χ3v) is 7.91. The van der Waals surface area contributed by atoms with Gasteiger partial charge in [-0.05, 0) is 55.8 Å². The van der Waals surface area contributed by atoms with Crippen molar-refractivity contribution >= 4 is 46.1 Å². The molecule has 1 aromatic carbocycles. The summed E-state index contributed by atoms with van der Waals surface area (Å²) >= 11 is 1.30. The first-order chi connectivity index (χ1) is 19.3. The Balaban J connectivity index is 0.000000493. The molecule has 2 aliphatic rings. The number of aromatic nitrogens is 1. The van der Waals surface area contributed by atoms with Gasteiger partial charge in [-0.1, -0.05) is 18.2 Å². The van der Waals surface area contributed by atoms with Gasteiger partial charge in [0.1, 0.15) is 0 Å². The van der Waals surface area contributed by atoms with Crippen LogP contribution in [0.4, 0.5) is 18.0 Å². The van der Waals surface area contributed by atoms with Gasteiger partial charge in [0.05, 0.1) is 28.7 Å². The normalized spacial score (nSPS) is 19.4. The van der Waals surface area contributed by atoms with Crippen LogP contribution in [0.3, 0.4) is 0 Å². The minimum Gasteiger partial charge on any atom is -0.475 e. The number of carboxylic acids is 1. The number of rotatable bonds is 5. The molecule has 0 radical (unpaired) electrons. The molecule has 3 aromatic rings. The summed E-state index contributed by atoms with van der Waals surface area (Å²) in [4.78, 5) is 53.2. The number of pyridine rings is 1. The van der Waals surface area contributed by atoms with Crippen molar-refractivity contribution in [1.82, 2.24) is 20.5 Å². The van der Waals surface area contributed by atoms with Crippen molar-refractivity contribution in [2.75, 3.05) is 13.1 Å². The third kappa shape index (κ3) is 6.65. The van der Waals surface area contributed by atoms with Gasteiger partial charge in [0.25, 0.3) is 11.8 Å². The Hall–Kier alpha value is -4.04. The minimum atomic E-state index is -5.08. The first-order valence-corrected chi connectivity index (χ1v) is 13.5. The molecule has 0 spiro atoms. The smallest absolute Gasteiger partial charge is 0.475 e. The van der Waals surface area contributed by atoms with Crippen LogP contribution in [0.15, 0.2) is 41.8 Å². The summed E-state index contributed by atoms with van der Waals surface area (Å²) in [5.41, 5.74) is 2.28. The highest BCUT2D eigenvalue weighted by molar-refractivity contribution is 7.10. The molecule has 1 unspecified atom stereocenters. The molecule has 10 nitrogen and oxygen atoms in total. The van der Waals surface area contributed by atoms with E-state index in [-0.39, 0.29) is 12.0 Å². The number of alkyl halides is 3. The van der Waals surface area contributed by atoms with Crippen molar-refractivity contribution in [3.8, 4) is 0 Å². The van der Waals surface area contributed by atoms with Gasteiger partial charge < -0.3 is 20.1 Å². The van der Waals surface area contributed by atoms with Crippen molar-refractivity contribution in [1.29, 1.82) is 0 Å². The second-order valence-corrected chi connectivity index (χ2v) is 10.7. The van der Waals surface area contributed by atoms with Crippen molar-refractivity contribution in [3.63, 3.8) is 0 Å². The van der Waals surface area contributed by atoms with Gasteiger partial charge in [0.2, 0.25) is 0 Å². The van der Waals surface area contributed by atoms with Gasteiger partial charge in [-0.2, -0.15) is 13.2 Å². The summed E-state index contributed by atoms with van der Waals surface area (Å²) < 4.78 is 38.0. The predicted molar refractivity (Wildman–Crippen MR) is 142 cm³/mol. The number of carbonyl (C=O) groups excluding carboxylic acids is 3. The highest BCUT2D eigenvalue weighted by Crippen LogP contribution is 2.33. The number of imide groups is 1. The number of halogens is 3. The molecular formula is C27H27F3N4O6S. The summed E-state index contributed by atoms with van der Waals surface area (Å²) in [6.07, 6.45) is -3.54. The zero-order chi connectivity index (χ0) is 29.9. The zero-order valence-electron chi connectivity index (χ0n) is 22.1. The number of hydrogen-bond acceptors (Lipinski definition) is 7. The molecule has 4 amide bonds. The molecule has 4 heterocycles. The molecule has 0 saturated carbocycles. The van der Waals surface area contributed by atoms with Crippen LogP contribution >= 0.6 is 11.3 Å². The average Bonchev–Trinajstić information content (AvgIpc) is 3.51. The lowest BCUT2D eigenvalue weighted by molar-refractivity contribution is -0.192. The Morgan fingerprint density at radius 3 is 2.46 bits per heavy atom.